The Bertz CT molecular complexity index is 661. The molecule has 0 unspecified atom stereocenters. The van der Waals surface area contributed by atoms with E-state index in [0.717, 1.165) is 12.8 Å². The first kappa shape index (κ1) is 12.1. The van der Waals surface area contributed by atoms with E-state index in [9.17, 15) is 4.79 Å². The van der Waals surface area contributed by atoms with Crippen LogP contribution in [0.15, 0.2) is 27.1 Å². The van der Waals surface area contributed by atoms with Gasteiger partial charge in [-0.1, -0.05) is 0 Å². The topological polar surface area (TPSA) is 98.8 Å². The maximum atomic E-state index is 11.7. The molecule has 0 saturated heterocycles. The summed E-state index contributed by atoms with van der Waals surface area (Å²) in [5.74, 6) is 0.479. The molecule has 1 aliphatic carbocycles. The van der Waals surface area contributed by atoms with E-state index in [-0.39, 0.29) is 11.7 Å². The summed E-state index contributed by atoms with van der Waals surface area (Å²) >= 11 is 1.26. The Morgan fingerprint density at radius 2 is 2.32 bits per heavy atom. The van der Waals surface area contributed by atoms with Gasteiger partial charge < -0.3 is 10.5 Å². The van der Waals surface area contributed by atoms with E-state index in [4.69, 9.17) is 10.5 Å². The zero-order chi connectivity index (χ0) is 13.4. The van der Waals surface area contributed by atoms with E-state index in [2.05, 4.69) is 15.2 Å². The lowest BCUT2D eigenvalue weighted by molar-refractivity contribution is 0.395. The molecule has 0 radical (unpaired) electrons. The van der Waals surface area contributed by atoms with Crippen LogP contribution in [-0.4, -0.2) is 26.9 Å². The second kappa shape index (κ2) is 4.61. The van der Waals surface area contributed by atoms with E-state index < -0.39 is 0 Å². The van der Waals surface area contributed by atoms with Crippen molar-refractivity contribution in [1.29, 1.82) is 0 Å². The molecule has 0 amide bonds. The van der Waals surface area contributed by atoms with Gasteiger partial charge in [-0.2, -0.15) is 0 Å². The first-order valence-electron chi connectivity index (χ1n) is 5.84. The molecule has 8 heteroatoms. The minimum atomic E-state index is -0.188. The largest absolute Gasteiger partial charge is 0.481 e. The van der Waals surface area contributed by atoms with Crippen LogP contribution in [0.1, 0.15) is 18.9 Å². The zero-order valence-electron chi connectivity index (χ0n) is 10.3. The number of anilines is 1. The van der Waals surface area contributed by atoms with Crippen molar-refractivity contribution >= 4 is 17.4 Å². The van der Waals surface area contributed by atoms with Crippen LogP contribution in [0.4, 0.5) is 5.69 Å². The molecule has 0 spiro atoms. The highest BCUT2D eigenvalue weighted by molar-refractivity contribution is 7.99. The Morgan fingerprint density at radius 1 is 1.53 bits per heavy atom. The van der Waals surface area contributed by atoms with Gasteiger partial charge in [0.15, 0.2) is 5.16 Å². The van der Waals surface area contributed by atoms with Gasteiger partial charge in [0, 0.05) is 12.1 Å². The third kappa shape index (κ3) is 2.30. The predicted octanol–water partition coefficient (Wildman–Crippen LogP) is 1.04. The second-order valence-electron chi connectivity index (χ2n) is 4.26. The number of hydrogen-bond donors (Lipinski definition) is 2. The van der Waals surface area contributed by atoms with Gasteiger partial charge in [-0.15, -0.1) is 5.10 Å². The maximum absolute atomic E-state index is 11.7. The third-order valence-electron chi connectivity index (χ3n) is 2.85. The van der Waals surface area contributed by atoms with Gasteiger partial charge in [0.2, 0.25) is 5.88 Å². The van der Waals surface area contributed by atoms with Crippen molar-refractivity contribution in [2.45, 2.75) is 29.1 Å². The fourth-order valence-electron chi connectivity index (χ4n) is 1.73. The number of nitrogen functional groups attached to an aromatic ring is 1. The summed E-state index contributed by atoms with van der Waals surface area (Å²) in [7, 11) is 1.54. The Kier molecular flexibility index (Phi) is 2.94. The van der Waals surface area contributed by atoms with Crippen molar-refractivity contribution in [2.75, 3.05) is 12.8 Å². The molecule has 2 heterocycles. The molecule has 0 aliphatic heterocycles. The summed E-state index contributed by atoms with van der Waals surface area (Å²) < 4.78 is 6.72. The molecule has 19 heavy (non-hydrogen) atoms. The van der Waals surface area contributed by atoms with Gasteiger partial charge in [0.1, 0.15) is 5.03 Å². The minimum absolute atomic E-state index is 0.188. The van der Waals surface area contributed by atoms with Crippen LogP contribution < -0.4 is 16.2 Å². The molecule has 1 aliphatic rings. The van der Waals surface area contributed by atoms with E-state index in [1.165, 1.54) is 11.8 Å². The van der Waals surface area contributed by atoms with Crippen LogP contribution in [0, 0.1) is 0 Å². The maximum Gasteiger partial charge on any atom is 0.344 e. The van der Waals surface area contributed by atoms with Gasteiger partial charge in [-0.25, -0.2) is 14.9 Å². The molecule has 0 bridgehead atoms. The summed E-state index contributed by atoms with van der Waals surface area (Å²) in [4.78, 5) is 15.9. The summed E-state index contributed by atoms with van der Waals surface area (Å²) in [5.41, 5.74) is 6.22. The minimum Gasteiger partial charge on any atom is -0.481 e. The van der Waals surface area contributed by atoms with Crippen LogP contribution in [-0.2, 0) is 0 Å². The number of aromatic amines is 1. The molecule has 7 nitrogen and oxygen atoms in total. The van der Waals surface area contributed by atoms with E-state index >= 15 is 0 Å². The average molecular weight is 279 g/mol. The number of pyridine rings is 1. The van der Waals surface area contributed by atoms with Gasteiger partial charge in [0.05, 0.1) is 12.8 Å². The van der Waals surface area contributed by atoms with Crippen molar-refractivity contribution < 1.29 is 4.74 Å². The van der Waals surface area contributed by atoms with E-state index in [1.54, 1.807) is 23.8 Å². The van der Waals surface area contributed by atoms with E-state index in [1.807, 2.05) is 0 Å². The molecule has 0 atom stereocenters. The standard InChI is InChI=1S/C11H13N5O2S/c1-18-8-5-4-7(12)9(13-8)19-11-15-14-10(17)16(11)6-2-3-6/h4-6H,2-3,12H2,1H3,(H,14,17). The van der Waals surface area contributed by atoms with Crippen LogP contribution in [0.2, 0.25) is 0 Å². The number of ether oxygens (including phenoxy) is 1. The molecule has 2 aromatic rings. The fourth-order valence-corrected chi connectivity index (χ4v) is 2.65. The summed E-state index contributed by atoms with van der Waals surface area (Å²) in [6, 6.07) is 3.67. The lowest BCUT2D eigenvalue weighted by atomic mass is 10.4. The molecule has 2 aromatic heterocycles. The number of nitrogens with one attached hydrogen (secondary N) is 1. The Labute approximate surface area is 113 Å². The number of nitrogens with zero attached hydrogens (tertiary/aromatic N) is 3. The first-order chi connectivity index (χ1) is 9.19. The van der Waals surface area contributed by atoms with Crippen molar-refractivity contribution in [2.24, 2.45) is 0 Å². The summed E-state index contributed by atoms with van der Waals surface area (Å²) in [6.45, 7) is 0. The quantitative estimate of drug-likeness (QED) is 0.867. The highest BCUT2D eigenvalue weighted by Gasteiger charge is 2.29. The Hall–Kier alpha value is -1.96. The highest BCUT2D eigenvalue weighted by atomic mass is 32.2. The number of methoxy groups -OCH3 is 1. The van der Waals surface area contributed by atoms with Crippen molar-refractivity contribution in [3.8, 4) is 5.88 Å². The van der Waals surface area contributed by atoms with Crippen LogP contribution in [0.3, 0.4) is 0 Å². The Morgan fingerprint density at radius 3 is 3.00 bits per heavy atom. The number of nitrogens with two attached hydrogens (primary N) is 1. The molecule has 0 aromatic carbocycles. The van der Waals surface area contributed by atoms with E-state index in [0.29, 0.717) is 21.7 Å². The second-order valence-corrected chi connectivity index (χ2v) is 5.22. The smallest absolute Gasteiger partial charge is 0.344 e. The molecule has 3 rings (SSSR count). The zero-order valence-corrected chi connectivity index (χ0v) is 11.1. The van der Waals surface area contributed by atoms with Crippen LogP contribution >= 0.6 is 11.8 Å². The number of rotatable bonds is 4. The molecule has 1 fully saturated rings. The molecule has 1 saturated carbocycles. The van der Waals surface area contributed by atoms with Gasteiger partial charge >= 0.3 is 5.69 Å². The van der Waals surface area contributed by atoms with Crippen LogP contribution in [0.5, 0.6) is 5.88 Å². The van der Waals surface area contributed by atoms with Gasteiger partial charge in [0.25, 0.3) is 0 Å². The predicted molar refractivity (Wildman–Crippen MR) is 70.4 cm³/mol. The SMILES string of the molecule is COc1ccc(N)c(Sc2n[nH]c(=O)n2C2CC2)n1. The molecule has 3 N–H and O–H groups in total. The summed E-state index contributed by atoms with van der Waals surface area (Å²) in [6.07, 6.45) is 2.02. The monoisotopic (exact) mass is 279 g/mol. The van der Waals surface area contributed by atoms with Crippen molar-refractivity contribution in [3.63, 3.8) is 0 Å². The van der Waals surface area contributed by atoms with Gasteiger partial charge in [-0.05, 0) is 30.7 Å². The molecule has 100 valence electrons. The van der Waals surface area contributed by atoms with Crippen LogP contribution in [0.25, 0.3) is 0 Å². The highest BCUT2D eigenvalue weighted by Crippen LogP contribution is 2.38. The number of aromatic nitrogens is 4. The molecular weight excluding hydrogens is 266 g/mol. The summed E-state index contributed by atoms with van der Waals surface area (Å²) in [5, 5.41) is 7.65. The fraction of sp³-hybridized carbons (Fsp3) is 0.364. The van der Waals surface area contributed by atoms with Crippen molar-refractivity contribution in [3.05, 3.63) is 22.6 Å². The Balaban J connectivity index is 1.95. The normalized spacial score (nSPS) is 14.6. The lowest BCUT2D eigenvalue weighted by Gasteiger charge is -2.06. The lowest BCUT2D eigenvalue weighted by Crippen LogP contribution is -2.16. The van der Waals surface area contributed by atoms with Crippen molar-refractivity contribution in [1.82, 2.24) is 19.7 Å². The average Bonchev–Trinajstić information content (AvgIpc) is 3.17. The van der Waals surface area contributed by atoms with Gasteiger partial charge in [-0.3, -0.25) is 4.57 Å². The number of hydrogen-bond acceptors (Lipinski definition) is 6. The first-order valence-corrected chi connectivity index (χ1v) is 6.66. The number of H-pyrrole nitrogens is 1. The molecular formula is C11H13N5O2S. The third-order valence-corrected chi connectivity index (χ3v) is 3.84.